The summed E-state index contributed by atoms with van der Waals surface area (Å²) >= 11 is 5.88. The summed E-state index contributed by atoms with van der Waals surface area (Å²) in [5.74, 6) is -0.840. The minimum Gasteiger partial charge on any atom is -0.463 e. The van der Waals surface area contributed by atoms with Gasteiger partial charge in [0.1, 0.15) is 29.6 Å². The van der Waals surface area contributed by atoms with E-state index in [1.165, 1.54) is 19.4 Å². The van der Waals surface area contributed by atoms with Gasteiger partial charge in [0.05, 0.1) is 17.6 Å². The van der Waals surface area contributed by atoms with E-state index in [4.69, 9.17) is 30.8 Å². The average molecular weight is 348 g/mol. The molecule has 0 radical (unpaired) electrons. The topological polar surface area (TPSA) is 89.5 Å². The highest BCUT2D eigenvalue weighted by Gasteiger charge is 2.16. The van der Waals surface area contributed by atoms with Crippen LogP contribution in [0.3, 0.4) is 0 Å². The van der Waals surface area contributed by atoms with E-state index in [2.05, 4.69) is 0 Å². The van der Waals surface area contributed by atoms with Crippen LogP contribution in [0.4, 0.5) is 0 Å². The summed E-state index contributed by atoms with van der Waals surface area (Å²) < 4.78 is 15.3. The summed E-state index contributed by atoms with van der Waals surface area (Å²) in [6.07, 6.45) is 1.79. The summed E-state index contributed by atoms with van der Waals surface area (Å²) in [6.45, 7) is 1.82. The van der Waals surface area contributed by atoms with Crippen molar-refractivity contribution in [3.63, 3.8) is 0 Å². The predicted octanol–water partition coefficient (Wildman–Crippen LogP) is 2.93. The maximum atomic E-state index is 12.4. The number of esters is 1. The number of carbonyl (C=O) groups is 1. The van der Waals surface area contributed by atoms with Gasteiger partial charge in [-0.2, -0.15) is 5.26 Å². The van der Waals surface area contributed by atoms with Gasteiger partial charge in [0, 0.05) is 12.1 Å². The van der Waals surface area contributed by atoms with E-state index in [0.717, 1.165) is 6.08 Å². The Bertz CT molecular complexity index is 894. The Morgan fingerprint density at radius 3 is 2.92 bits per heavy atom. The average Bonchev–Trinajstić information content (AvgIpc) is 2.55. The fraction of sp³-hybridized carbons (Fsp3) is 0.235. The van der Waals surface area contributed by atoms with Crippen molar-refractivity contribution in [2.45, 2.75) is 13.0 Å². The van der Waals surface area contributed by atoms with Gasteiger partial charge in [0.25, 0.3) is 0 Å². The third-order valence-corrected chi connectivity index (χ3v) is 3.35. The molecule has 0 spiro atoms. The Kier molecular flexibility index (Phi) is 5.74. The summed E-state index contributed by atoms with van der Waals surface area (Å²) in [4.78, 5) is 24.4. The predicted molar refractivity (Wildman–Crippen MR) is 88.5 cm³/mol. The van der Waals surface area contributed by atoms with Crippen molar-refractivity contribution >= 4 is 34.6 Å². The standard InChI is InChI=1S/C17H14ClNO5/c1-10(8-22-2)24-17(21)11(7-19)5-12-9-23-15-4-3-13(18)6-14(15)16(12)20/h3-6,9-10H,8H2,1-2H3/b11-5-. The van der Waals surface area contributed by atoms with E-state index in [9.17, 15) is 9.59 Å². The van der Waals surface area contributed by atoms with E-state index >= 15 is 0 Å². The van der Waals surface area contributed by atoms with Gasteiger partial charge in [-0.3, -0.25) is 4.79 Å². The quantitative estimate of drug-likeness (QED) is 0.469. The minimum atomic E-state index is -0.840. The van der Waals surface area contributed by atoms with E-state index < -0.39 is 17.5 Å². The number of ether oxygens (including phenoxy) is 2. The van der Waals surface area contributed by atoms with Gasteiger partial charge < -0.3 is 13.9 Å². The number of carbonyl (C=O) groups excluding carboxylic acids is 1. The second-order valence-corrected chi connectivity index (χ2v) is 5.44. The number of fused-ring (bicyclic) bond motifs is 1. The fourth-order valence-corrected chi connectivity index (χ4v) is 2.20. The molecule has 0 aliphatic heterocycles. The molecule has 0 aliphatic carbocycles. The largest absolute Gasteiger partial charge is 0.463 e. The van der Waals surface area contributed by atoms with Crippen LogP contribution in [0, 0.1) is 11.3 Å². The van der Waals surface area contributed by atoms with Crippen LogP contribution in [-0.2, 0) is 14.3 Å². The van der Waals surface area contributed by atoms with E-state index in [1.807, 2.05) is 0 Å². The highest BCUT2D eigenvalue weighted by atomic mass is 35.5. The van der Waals surface area contributed by atoms with Crippen LogP contribution in [0.5, 0.6) is 0 Å². The van der Waals surface area contributed by atoms with Crippen molar-refractivity contribution in [1.82, 2.24) is 0 Å². The molecule has 0 N–H and O–H groups in total. The van der Waals surface area contributed by atoms with Gasteiger partial charge in [-0.25, -0.2) is 4.79 Å². The zero-order chi connectivity index (χ0) is 17.7. The Hall–Kier alpha value is -2.62. The second-order valence-electron chi connectivity index (χ2n) is 5.00. The molecule has 1 unspecified atom stereocenters. The zero-order valence-corrected chi connectivity index (χ0v) is 13.8. The number of halogens is 1. The van der Waals surface area contributed by atoms with Crippen molar-refractivity contribution in [3.05, 3.63) is 50.8 Å². The summed E-state index contributed by atoms with van der Waals surface area (Å²) in [7, 11) is 1.47. The molecule has 1 atom stereocenters. The van der Waals surface area contributed by atoms with Crippen LogP contribution in [0.15, 0.2) is 39.2 Å². The normalized spacial score (nSPS) is 12.7. The number of rotatable bonds is 5. The Morgan fingerprint density at radius 2 is 2.25 bits per heavy atom. The lowest BCUT2D eigenvalue weighted by Crippen LogP contribution is -2.20. The molecular weight excluding hydrogens is 334 g/mol. The van der Waals surface area contributed by atoms with Crippen LogP contribution in [-0.4, -0.2) is 25.8 Å². The maximum Gasteiger partial charge on any atom is 0.349 e. The molecule has 6 nitrogen and oxygen atoms in total. The molecule has 0 fully saturated rings. The van der Waals surface area contributed by atoms with Crippen LogP contribution in [0.1, 0.15) is 12.5 Å². The first-order valence-corrected chi connectivity index (χ1v) is 7.37. The van der Waals surface area contributed by atoms with Crippen LogP contribution in [0.2, 0.25) is 5.02 Å². The van der Waals surface area contributed by atoms with Crippen LogP contribution < -0.4 is 5.43 Å². The lowest BCUT2D eigenvalue weighted by atomic mass is 10.1. The lowest BCUT2D eigenvalue weighted by molar-refractivity contribution is -0.145. The summed E-state index contributed by atoms with van der Waals surface area (Å²) in [6, 6.07) is 6.35. The Labute approximate surface area is 142 Å². The monoisotopic (exact) mass is 347 g/mol. The molecule has 2 rings (SSSR count). The lowest BCUT2D eigenvalue weighted by Gasteiger charge is -2.11. The number of benzene rings is 1. The molecule has 1 heterocycles. The van der Waals surface area contributed by atoms with Crippen molar-refractivity contribution in [3.8, 4) is 6.07 Å². The van der Waals surface area contributed by atoms with Crippen molar-refractivity contribution in [1.29, 1.82) is 5.26 Å². The van der Waals surface area contributed by atoms with Gasteiger partial charge in [-0.15, -0.1) is 0 Å². The molecule has 0 aliphatic rings. The Morgan fingerprint density at radius 1 is 1.50 bits per heavy atom. The van der Waals surface area contributed by atoms with Gasteiger partial charge in [-0.05, 0) is 31.2 Å². The van der Waals surface area contributed by atoms with Crippen LogP contribution >= 0.6 is 11.6 Å². The summed E-state index contributed by atoms with van der Waals surface area (Å²) in [5, 5.41) is 9.78. The van der Waals surface area contributed by atoms with Crippen molar-refractivity contribution in [2.24, 2.45) is 0 Å². The molecule has 24 heavy (non-hydrogen) atoms. The number of methoxy groups -OCH3 is 1. The minimum absolute atomic E-state index is 0.0534. The zero-order valence-electron chi connectivity index (χ0n) is 13.0. The first kappa shape index (κ1) is 17.7. The maximum absolute atomic E-state index is 12.4. The number of hydrogen-bond acceptors (Lipinski definition) is 6. The highest BCUT2D eigenvalue weighted by Crippen LogP contribution is 2.18. The molecule has 7 heteroatoms. The fourth-order valence-electron chi connectivity index (χ4n) is 2.03. The molecule has 1 aromatic heterocycles. The highest BCUT2D eigenvalue weighted by molar-refractivity contribution is 6.31. The van der Waals surface area contributed by atoms with Gasteiger partial charge in [0.2, 0.25) is 0 Å². The molecule has 0 saturated carbocycles. The molecule has 0 saturated heterocycles. The van der Waals surface area contributed by atoms with Crippen LogP contribution in [0.25, 0.3) is 17.0 Å². The van der Waals surface area contributed by atoms with Gasteiger partial charge >= 0.3 is 5.97 Å². The third-order valence-electron chi connectivity index (χ3n) is 3.11. The third kappa shape index (κ3) is 4.02. The van der Waals surface area contributed by atoms with E-state index in [1.54, 1.807) is 25.1 Å². The molecule has 1 aromatic carbocycles. The molecular formula is C17H14ClNO5. The van der Waals surface area contributed by atoms with Gasteiger partial charge in [0.15, 0.2) is 5.43 Å². The van der Waals surface area contributed by atoms with Crippen molar-refractivity contribution in [2.75, 3.05) is 13.7 Å². The SMILES string of the molecule is COCC(C)OC(=O)/C(C#N)=C\c1coc2ccc(Cl)cc2c1=O. The van der Waals surface area contributed by atoms with Crippen molar-refractivity contribution < 1.29 is 18.7 Å². The number of nitrogens with zero attached hydrogens (tertiary/aromatic N) is 1. The van der Waals surface area contributed by atoms with E-state index in [-0.39, 0.29) is 23.1 Å². The molecule has 124 valence electrons. The molecule has 0 bridgehead atoms. The Balaban J connectivity index is 2.39. The summed E-state index contributed by atoms with van der Waals surface area (Å²) in [5.41, 5.74) is -0.301. The second kappa shape index (κ2) is 7.77. The first-order valence-electron chi connectivity index (χ1n) is 6.99. The smallest absolute Gasteiger partial charge is 0.349 e. The molecule has 0 amide bonds. The first-order chi connectivity index (χ1) is 11.5. The van der Waals surface area contributed by atoms with Gasteiger partial charge in [-0.1, -0.05) is 11.6 Å². The molecule has 2 aromatic rings. The number of nitriles is 1. The van der Waals surface area contributed by atoms with E-state index in [0.29, 0.717) is 10.6 Å². The number of hydrogen-bond donors (Lipinski definition) is 0.